The summed E-state index contributed by atoms with van der Waals surface area (Å²) >= 11 is 1.75. The molecule has 0 saturated heterocycles. The molecule has 2 N–H and O–H groups in total. The molecule has 19 heavy (non-hydrogen) atoms. The Labute approximate surface area is 118 Å². The molecule has 2 rings (SSSR count). The number of fused-ring (bicyclic) bond motifs is 1. The summed E-state index contributed by atoms with van der Waals surface area (Å²) in [7, 11) is 0. The average Bonchev–Trinajstić information content (AvgIpc) is 2.87. The molecule has 1 amide bonds. The molecule has 0 spiro atoms. The topological polar surface area (TPSA) is 49.3 Å². The van der Waals surface area contributed by atoms with Gasteiger partial charge in [0.15, 0.2) is 0 Å². The van der Waals surface area contributed by atoms with Crippen LogP contribution >= 0.6 is 11.8 Å². The van der Waals surface area contributed by atoms with Gasteiger partial charge in [-0.25, -0.2) is 0 Å². The molecule has 0 aliphatic carbocycles. The number of thioether (sulfide) groups is 1. The third-order valence-corrected chi connectivity index (χ3v) is 4.88. The van der Waals surface area contributed by atoms with Crippen molar-refractivity contribution in [1.29, 1.82) is 0 Å². The predicted molar refractivity (Wildman–Crippen MR) is 78.4 cm³/mol. The third kappa shape index (κ3) is 3.51. The Hall–Kier alpha value is -1.00. The SMILES string of the molecule is CCC(CCO)CNC(=O)C1CSc2ccccc21. The van der Waals surface area contributed by atoms with E-state index < -0.39 is 0 Å². The van der Waals surface area contributed by atoms with E-state index in [2.05, 4.69) is 18.3 Å². The minimum atomic E-state index is -0.0205. The van der Waals surface area contributed by atoms with Crippen molar-refractivity contribution < 1.29 is 9.90 Å². The first-order valence-corrected chi connectivity index (χ1v) is 7.85. The first-order valence-electron chi connectivity index (χ1n) is 6.86. The van der Waals surface area contributed by atoms with E-state index in [4.69, 9.17) is 5.11 Å². The Morgan fingerprint density at radius 3 is 3.05 bits per heavy atom. The maximum Gasteiger partial charge on any atom is 0.228 e. The minimum Gasteiger partial charge on any atom is -0.396 e. The highest BCUT2D eigenvalue weighted by Gasteiger charge is 2.28. The van der Waals surface area contributed by atoms with Crippen molar-refractivity contribution in [2.75, 3.05) is 18.9 Å². The molecule has 1 aromatic carbocycles. The average molecular weight is 279 g/mol. The lowest BCUT2D eigenvalue weighted by molar-refractivity contribution is -0.122. The molecular weight excluding hydrogens is 258 g/mol. The standard InChI is InChI=1S/C15H21NO2S/c1-2-11(7-8-17)9-16-15(18)13-10-19-14-6-4-3-5-12(13)14/h3-6,11,13,17H,2,7-10H2,1H3,(H,16,18). The molecule has 1 aromatic rings. The van der Waals surface area contributed by atoms with Crippen LogP contribution in [0.4, 0.5) is 0 Å². The van der Waals surface area contributed by atoms with Crippen molar-refractivity contribution in [2.24, 2.45) is 5.92 Å². The molecule has 1 aliphatic rings. The minimum absolute atomic E-state index is 0.0205. The maximum absolute atomic E-state index is 12.2. The van der Waals surface area contributed by atoms with Crippen molar-refractivity contribution >= 4 is 17.7 Å². The zero-order chi connectivity index (χ0) is 13.7. The van der Waals surface area contributed by atoms with Crippen LogP contribution in [0.25, 0.3) is 0 Å². The van der Waals surface area contributed by atoms with Gasteiger partial charge >= 0.3 is 0 Å². The molecule has 1 heterocycles. The van der Waals surface area contributed by atoms with Gasteiger partial charge in [-0.05, 0) is 24.0 Å². The van der Waals surface area contributed by atoms with Gasteiger partial charge in [0, 0.05) is 23.8 Å². The quantitative estimate of drug-likeness (QED) is 0.840. The Balaban J connectivity index is 1.91. The van der Waals surface area contributed by atoms with Crippen LogP contribution in [0.2, 0.25) is 0 Å². The molecule has 3 nitrogen and oxygen atoms in total. The number of carbonyl (C=O) groups excluding carboxylic acids is 1. The fraction of sp³-hybridized carbons (Fsp3) is 0.533. The van der Waals surface area contributed by atoms with E-state index in [1.165, 1.54) is 4.90 Å². The number of carbonyl (C=O) groups is 1. The molecule has 4 heteroatoms. The Kier molecular flexibility index (Phi) is 5.28. The van der Waals surface area contributed by atoms with Gasteiger partial charge in [0.2, 0.25) is 5.91 Å². The van der Waals surface area contributed by atoms with Gasteiger partial charge < -0.3 is 10.4 Å². The summed E-state index contributed by atoms with van der Waals surface area (Å²) in [6.07, 6.45) is 1.74. The highest BCUT2D eigenvalue weighted by Crippen LogP contribution is 2.39. The summed E-state index contributed by atoms with van der Waals surface area (Å²) in [4.78, 5) is 13.5. The second kappa shape index (κ2) is 6.96. The lowest BCUT2D eigenvalue weighted by atomic mass is 9.99. The predicted octanol–water partition coefficient (Wildman–Crippen LogP) is 2.40. The monoisotopic (exact) mass is 279 g/mol. The molecule has 2 unspecified atom stereocenters. The second-order valence-corrected chi connectivity index (χ2v) is 5.99. The lowest BCUT2D eigenvalue weighted by Crippen LogP contribution is -2.33. The van der Waals surface area contributed by atoms with Crippen LogP contribution in [0.5, 0.6) is 0 Å². The van der Waals surface area contributed by atoms with Crippen LogP contribution in [-0.4, -0.2) is 29.9 Å². The lowest BCUT2D eigenvalue weighted by Gasteiger charge is -2.17. The number of nitrogens with one attached hydrogen (secondary N) is 1. The number of hydrogen-bond donors (Lipinski definition) is 2. The van der Waals surface area contributed by atoms with E-state index in [0.29, 0.717) is 12.5 Å². The molecular formula is C15H21NO2S. The van der Waals surface area contributed by atoms with Gasteiger partial charge in [-0.3, -0.25) is 4.79 Å². The van der Waals surface area contributed by atoms with Crippen LogP contribution in [0, 0.1) is 5.92 Å². The molecule has 0 radical (unpaired) electrons. The van der Waals surface area contributed by atoms with Crippen molar-refractivity contribution in [2.45, 2.75) is 30.6 Å². The molecule has 1 aliphatic heterocycles. The van der Waals surface area contributed by atoms with Crippen LogP contribution in [-0.2, 0) is 4.79 Å². The van der Waals surface area contributed by atoms with E-state index in [1.54, 1.807) is 11.8 Å². The van der Waals surface area contributed by atoms with Gasteiger partial charge in [-0.15, -0.1) is 11.8 Å². The van der Waals surface area contributed by atoms with Gasteiger partial charge in [0.1, 0.15) is 0 Å². The van der Waals surface area contributed by atoms with E-state index in [0.717, 1.165) is 24.2 Å². The summed E-state index contributed by atoms with van der Waals surface area (Å²) in [6.45, 7) is 2.95. The summed E-state index contributed by atoms with van der Waals surface area (Å²) in [5.74, 6) is 1.31. The number of benzene rings is 1. The normalized spacial score (nSPS) is 18.9. The zero-order valence-electron chi connectivity index (χ0n) is 11.3. The first-order chi connectivity index (χ1) is 9.26. The second-order valence-electron chi connectivity index (χ2n) is 4.93. The Morgan fingerprint density at radius 1 is 1.53 bits per heavy atom. The van der Waals surface area contributed by atoms with Crippen LogP contribution in [0.1, 0.15) is 31.2 Å². The van der Waals surface area contributed by atoms with Gasteiger partial charge in [0.05, 0.1) is 5.92 Å². The third-order valence-electron chi connectivity index (χ3n) is 3.70. The number of aliphatic hydroxyl groups excluding tert-OH is 1. The number of hydrogen-bond acceptors (Lipinski definition) is 3. The smallest absolute Gasteiger partial charge is 0.228 e. The van der Waals surface area contributed by atoms with Crippen molar-refractivity contribution in [3.8, 4) is 0 Å². The molecule has 2 atom stereocenters. The largest absolute Gasteiger partial charge is 0.396 e. The number of amides is 1. The highest BCUT2D eigenvalue weighted by molar-refractivity contribution is 7.99. The first kappa shape index (κ1) is 14.4. The maximum atomic E-state index is 12.2. The highest BCUT2D eigenvalue weighted by atomic mass is 32.2. The van der Waals surface area contributed by atoms with Gasteiger partial charge in [-0.1, -0.05) is 31.5 Å². The van der Waals surface area contributed by atoms with Crippen LogP contribution < -0.4 is 5.32 Å². The van der Waals surface area contributed by atoms with E-state index in [-0.39, 0.29) is 18.4 Å². The van der Waals surface area contributed by atoms with E-state index in [1.807, 2.05) is 18.2 Å². The molecule has 104 valence electrons. The summed E-state index contributed by atoms with van der Waals surface area (Å²) in [6, 6.07) is 8.13. The van der Waals surface area contributed by atoms with Gasteiger partial charge in [0.25, 0.3) is 0 Å². The fourth-order valence-electron chi connectivity index (χ4n) is 2.38. The Morgan fingerprint density at radius 2 is 2.32 bits per heavy atom. The number of aliphatic hydroxyl groups is 1. The van der Waals surface area contributed by atoms with Crippen molar-refractivity contribution in [3.63, 3.8) is 0 Å². The van der Waals surface area contributed by atoms with Crippen LogP contribution in [0.15, 0.2) is 29.2 Å². The summed E-state index contributed by atoms with van der Waals surface area (Å²) in [5, 5.41) is 12.0. The summed E-state index contributed by atoms with van der Waals surface area (Å²) < 4.78 is 0. The van der Waals surface area contributed by atoms with Gasteiger partial charge in [-0.2, -0.15) is 0 Å². The Bertz CT molecular complexity index is 436. The van der Waals surface area contributed by atoms with E-state index >= 15 is 0 Å². The number of rotatable bonds is 6. The molecule has 0 bridgehead atoms. The fourth-order valence-corrected chi connectivity index (χ4v) is 3.61. The van der Waals surface area contributed by atoms with Crippen molar-refractivity contribution in [3.05, 3.63) is 29.8 Å². The van der Waals surface area contributed by atoms with E-state index in [9.17, 15) is 4.79 Å². The molecule has 0 fully saturated rings. The molecule has 0 aromatic heterocycles. The van der Waals surface area contributed by atoms with Crippen LogP contribution in [0.3, 0.4) is 0 Å². The molecule has 0 saturated carbocycles. The zero-order valence-corrected chi connectivity index (χ0v) is 12.1. The van der Waals surface area contributed by atoms with Crippen molar-refractivity contribution in [1.82, 2.24) is 5.32 Å². The summed E-state index contributed by atoms with van der Waals surface area (Å²) in [5.41, 5.74) is 1.15.